The number of anilines is 1. The van der Waals surface area contributed by atoms with Gasteiger partial charge in [0.05, 0.1) is 38.0 Å². The predicted molar refractivity (Wildman–Crippen MR) is 135 cm³/mol. The molecule has 0 aliphatic carbocycles. The average molecular weight is 482 g/mol. The lowest BCUT2D eigenvalue weighted by Crippen LogP contribution is -2.40. The average Bonchev–Trinajstić information content (AvgIpc) is 3.19. The summed E-state index contributed by atoms with van der Waals surface area (Å²) in [6, 6.07) is 6.01. The van der Waals surface area contributed by atoms with Crippen LogP contribution >= 0.6 is 0 Å². The third kappa shape index (κ3) is 5.51. The zero-order valence-electron chi connectivity index (χ0n) is 21.3. The molecular weight excluding hydrogens is 446 g/mol. The lowest BCUT2D eigenvalue weighted by atomic mass is 9.97. The van der Waals surface area contributed by atoms with Crippen LogP contribution in [-0.2, 0) is 29.7 Å². The van der Waals surface area contributed by atoms with E-state index in [1.54, 1.807) is 14.2 Å². The molecule has 188 valence electrons. The standard InChI is InChI=1S/C26H35N5O4/c1-6-35-26(32)18-8-7-9-31(16-18)25-20(13-27-14-21-15-30(3)29-17(21)2)10-19-11-23(33-4)24(34-5)12-22(19)28-25/h10-12,15,18,27H,6-9,13-14,16H2,1-5H3/t18-/m1/s1. The number of piperidine rings is 1. The fourth-order valence-corrected chi connectivity index (χ4v) is 4.71. The second kappa shape index (κ2) is 10.9. The van der Waals surface area contributed by atoms with Crippen molar-refractivity contribution >= 4 is 22.7 Å². The number of aryl methyl sites for hydroxylation is 2. The number of hydrogen-bond donors (Lipinski definition) is 1. The second-order valence-corrected chi connectivity index (χ2v) is 8.93. The molecule has 35 heavy (non-hydrogen) atoms. The van der Waals surface area contributed by atoms with Crippen LogP contribution < -0.4 is 19.7 Å². The van der Waals surface area contributed by atoms with E-state index in [9.17, 15) is 4.79 Å². The van der Waals surface area contributed by atoms with Crippen molar-refractivity contribution in [2.24, 2.45) is 13.0 Å². The SMILES string of the molecule is CCOC(=O)[C@@H]1CCCN(c2nc3cc(OC)c(OC)cc3cc2CNCc2cn(C)nc2C)C1. The van der Waals surface area contributed by atoms with Gasteiger partial charge in [-0.15, -0.1) is 0 Å². The Hall–Kier alpha value is -3.33. The minimum atomic E-state index is -0.148. The van der Waals surface area contributed by atoms with Crippen molar-refractivity contribution in [2.75, 3.05) is 38.8 Å². The molecule has 1 aliphatic heterocycles. The summed E-state index contributed by atoms with van der Waals surface area (Å²) in [5.74, 6) is 1.91. The third-order valence-corrected chi connectivity index (χ3v) is 6.46. The molecule has 1 fully saturated rings. The van der Waals surface area contributed by atoms with Gasteiger partial charge in [0.2, 0.25) is 0 Å². The molecule has 2 aromatic heterocycles. The van der Waals surface area contributed by atoms with Crippen molar-refractivity contribution in [1.82, 2.24) is 20.1 Å². The molecule has 1 saturated heterocycles. The second-order valence-electron chi connectivity index (χ2n) is 8.93. The largest absolute Gasteiger partial charge is 0.493 e. The van der Waals surface area contributed by atoms with Crippen molar-refractivity contribution in [1.29, 1.82) is 0 Å². The molecule has 0 bridgehead atoms. The smallest absolute Gasteiger partial charge is 0.310 e. The fraction of sp³-hybridized carbons (Fsp3) is 0.500. The molecule has 1 N–H and O–H groups in total. The molecule has 4 rings (SSSR count). The normalized spacial score (nSPS) is 15.9. The van der Waals surface area contributed by atoms with Crippen LogP contribution in [0.25, 0.3) is 10.9 Å². The van der Waals surface area contributed by atoms with E-state index < -0.39 is 0 Å². The molecule has 0 spiro atoms. The molecule has 0 unspecified atom stereocenters. The number of hydrogen-bond acceptors (Lipinski definition) is 8. The van der Waals surface area contributed by atoms with E-state index in [2.05, 4.69) is 21.4 Å². The summed E-state index contributed by atoms with van der Waals surface area (Å²) in [4.78, 5) is 19.7. The highest BCUT2D eigenvalue weighted by atomic mass is 16.5. The van der Waals surface area contributed by atoms with E-state index in [0.29, 0.717) is 37.7 Å². The summed E-state index contributed by atoms with van der Waals surface area (Å²) in [5, 5.41) is 8.96. The molecule has 9 nitrogen and oxygen atoms in total. The maximum Gasteiger partial charge on any atom is 0.310 e. The highest BCUT2D eigenvalue weighted by molar-refractivity contribution is 5.85. The lowest BCUT2D eigenvalue weighted by Gasteiger charge is -2.34. The Bertz CT molecular complexity index is 1190. The number of rotatable bonds is 9. The summed E-state index contributed by atoms with van der Waals surface area (Å²) in [6.45, 7) is 7.03. The number of ether oxygens (including phenoxy) is 3. The Labute approximate surface area is 206 Å². The number of aromatic nitrogens is 3. The van der Waals surface area contributed by atoms with Crippen LogP contribution in [0.2, 0.25) is 0 Å². The number of fused-ring (bicyclic) bond motifs is 1. The zero-order chi connectivity index (χ0) is 24.9. The number of carbonyl (C=O) groups excluding carboxylic acids is 1. The zero-order valence-corrected chi connectivity index (χ0v) is 21.3. The van der Waals surface area contributed by atoms with Crippen molar-refractivity contribution in [3.05, 3.63) is 41.2 Å². The third-order valence-electron chi connectivity index (χ3n) is 6.46. The first-order valence-corrected chi connectivity index (χ1v) is 12.1. The number of benzene rings is 1. The van der Waals surface area contributed by atoms with Gasteiger partial charge < -0.3 is 24.4 Å². The van der Waals surface area contributed by atoms with Gasteiger partial charge >= 0.3 is 5.97 Å². The van der Waals surface area contributed by atoms with Crippen molar-refractivity contribution in [3.8, 4) is 11.5 Å². The summed E-state index contributed by atoms with van der Waals surface area (Å²) >= 11 is 0. The van der Waals surface area contributed by atoms with Crippen LogP contribution in [0.3, 0.4) is 0 Å². The molecule has 1 aliphatic rings. The first-order chi connectivity index (χ1) is 16.9. The van der Waals surface area contributed by atoms with E-state index in [0.717, 1.165) is 52.9 Å². The van der Waals surface area contributed by atoms with Gasteiger partial charge in [-0.25, -0.2) is 4.98 Å². The van der Waals surface area contributed by atoms with Crippen molar-refractivity contribution in [2.45, 2.75) is 39.8 Å². The van der Waals surface area contributed by atoms with Crippen LogP contribution in [0.5, 0.6) is 11.5 Å². The van der Waals surface area contributed by atoms with Gasteiger partial charge in [-0.1, -0.05) is 0 Å². The Kier molecular flexibility index (Phi) is 7.75. The quantitative estimate of drug-likeness (QED) is 0.465. The Balaban J connectivity index is 1.66. The number of nitrogens with zero attached hydrogens (tertiary/aromatic N) is 4. The van der Waals surface area contributed by atoms with E-state index in [1.165, 1.54) is 0 Å². The first kappa shape index (κ1) is 24.8. The summed E-state index contributed by atoms with van der Waals surface area (Å²) < 4.78 is 18.2. The maximum absolute atomic E-state index is 12.5. The van der Waals surface area contributed by atoms with Crippen LogP contribution in [-0.4, -0.2) is 54.6 Å². The fourth-order valence-electron chi connectivity index (χ4n) is 4.71. The van der Waals surface area contributed by atoms with Crippen molar-refractivity contribution in [3.63, 3.8) is 0 Å². The highest BCUT2D eigenvalue weighted by Gasteiger charge is 2.29. The topological polar surface area (TPSA) is 90.7 Å². The van der Waals surface area contributed by atoms with Gasteiger partial charge in [0.1, 0.15) is 5.82 Å². The van der Waals surface area contributed by atoms with Gasteiger partial charge in [-0.2, -0.15) is 5.10 Å². The molecule has 1 aromatic carbocycles. The van der Waals surface area contributed by atoms with Crippen LogP contribution in [0.15, 0.2) is 24.4 Å². The molecule has 0 saturated carbocycles. The van der Waals surface area contributed by atoms with E-state index >= 15 is 0 Å². The summed E-state index contributed by atoms with van der Waals surface area (Å²) in [5.41, 5.74) is 4.06. The van der Waals surface area contributed by atoms with E-state index in [-0.39, 0.29) is 11.9 Å². The number of carbonyl (C=O) groups is 1. The number of esters is 1. The van der Waals surface area contributed by atoms with Crippen LogP contribution in [0, 0.1) is 12.8 Å². The van der Waals surface area contributed by atoms with Crippen LogP contribution in [0.1, 0.15) is 36.6 Å². The molecule has 0 radical (unpaired) electrons. The Morgan fingerprint density at radius 2 is 1.89 bits per heavy atom. The Morgan fingerprint density at radius 3 is 2.57 bits per heavy atom. The van der Waals surface area contributed by atoms with E-state index in [4.69, 9.17) is 19.2 Å². The van der Waals surface area contributed by atoms with Gasteiger partial charge in [0.25, 0.3) is 0 Å². The molecule has 0 amide bonds. The Morgan fingerprint density at radius 1 is 1.14 bits per heavy atom. The molecular formula is C26H35N5O4. The summed E-state index contributed by atoms with van der Waals surface area (Å²) in [6.07, 6.45) is 3.78. The monoisotopic (exact) mass is 481 g/mol. The highest BCUT2D eigenvalue weighted by Crippen LogP contribution is 2.35. The molecule has 3 heterocycles. The van der Waals surface area contributed by atoms with E-state index in [1.807, 2.05) is 43.9 Å². The lowest BCUT2D eigenvalue weighted by molar-refractivity contribution is -0.148. The molecule has 9 heteroatoms. The first-order valence-electron chi connectivity index (χ1n) is 12.1. The number of methoxy groups -OCH3 is 2. The predicted octanol–water partition coefficient (Wildman–Crippen LogP) is 3.36. The maximum atomic E-state index is 12.5. The van der Waals surface area contributed by atoms with Gasteiger partial charge in [0, 0.05) is 62.0 Å². The van der Waals surface area contributed by atoms with Crippen LogP contribution in [0.4, 0.5) is 5.82 Å². The molecule has 1 atom stereocenters. The van der Waals surface area contributed by atoms with Crippen molar-refractivity contribution < 1.29 is 19.0 Å². The minimum absolute atomic E-state index is 0.129. The molecule has 3 aromatic rings. The van der Waals surface area contributed by atoms with Gasteiger partial charge in [-0.3, -0.25) is 9.48 Å². The minimum Gasteiger partial charge on any atom is -0.493 e. The number of nitrogens with one attached hydrogen (secondary N) is 1. The van der Waals surface area contributed by atoms with Gasteiger partial charge in [0.15, 0.2) is 11.5 Å². The number of pyridine rings is 1. The van der Waals surface area contributed by atoms with Gasteiger partial charge in [-0.05, 0) is 38.8 Å². The summed E-state index contributed by atoms with van der Waals surface area (Å²) in [7, 11) is 5.19.